The molecule has 0 aliphatic carbocycles. The summed E-state index contributed by atoms with van der Waals surface area (Å²) >= 11 is 0. The molecular formula is C14H22ClN3O3. The van der Waals surface area contributed by atoms with Crippen LogP contribution in [0, 0.1) is 10.1 Å². The molecule has 118 valence electrons. The normalized spacial score (nSPS) is 16.2. The number of nitro groups is 1. The predicted molar refractivity (Wildman–Crippen MR) is 85.0 cm³/mol. The second kappa shape index (κ2) is 8.17. The van der Waals surface area contributed by atoms with Crippen LogP contribution in [0.3, 0.4) is 0 Å². The minimum Gasteiger partial charge on any atom is -0.396 e. The molecule has 0 spiro atoms. The lowest BCUT2D eigenvalue weighted by Crippen LogP contribution is -2.30. The van der Waals surface area contributed by atoms with E-state index in [1.54, 1.807) is 12.1 Å². The van der Waals surface area contributed by atoms with Crippen LogP contribution in [0.15, 0.2) is 18.2 Å². The first-order valence-electron chi connectivity index (χ1n) is 7.03. The van der Waals surface area contributed by atoms with Crippen LogP contribution in [0.1, 0.15) is 37.3 Å². The van der Waals surface area contributed by atoms with Gasteiger partial charge in [-0.1, -0.05) is 6.07 Å². The molecule has 3 N–H and O–H groups in total. The molecule has 1 aliphatic heterocycles. The summed E-state index contributed by atoms with van der Waals surface area (Å²) in [5.41, 5.74) is 7.39. The molecule has 1 saturated heterocycles. The third kappa shape index (κ3) is 4.30. The number of nitrogens with two attached hydrogens (primary N) is 1. The highest BCUT2D eigenvalue weighted by Gasteiger charge is 2.22. The number of anilines is 1. The molecule has 1 aromatic carbocycles. The minimum atomic E-state index is -0.367. The molecule has 6 nitrogen and oxygen atoms in total. The first-order valence-corrected chi connectivity index (χ1v) is 7.03. The van der Waals surface area contributed by atoms with Crippen LogP contribution in [0.25, 0.3) is 0 Å². The van der Waals surface area contributed by atoms with Crippen molar-refractivity contribution in [3.05, 3.63) is 33.9 Å². The third-order valence-corrected chi connectivity index (χ3v) is 3.76. The van der Waals surface area contributed by atoms with Crippen molar-refractivity contribution >= 4 is 23.8 Å². The van der Waals surface area contributed by atoms with E-state index >= 15 is 0 Å². The van der Waals surface area contributed by atoms with Crippen molar-refractivity contribution in [2.45, 2.75) is 31.7 Å². The van der Waals surface area contributed by atoms with Crippen molar-refractivity contribution in [2.75, 3.05) is 24.6 Å². The Morgan fingerprint density at radius 1 is 1.33 bits per heavy atom. The van der Waals surface area contributed by atoms with Crippen molar-refractivity contribution < 1.29 is 10.0 Å². The van der Waals surface area contributed by atoms with E-state index in [2.05, 4.69) is 4.90 Å². The predicted octanol–water partition coefficient (Wildman–Crippen LogP) is 2.39. The fourth-order valence-corrected chi connectivity index (χ4v) is 2.63. The van der Waals surface area contributed by atoms with Crippen molar-refractivity contribution in [3.63, 3.8) is 0 Å². The summed E-state index contributed by atoms with van der Waals surface area (Å²) < 4.78 is 0. The summed E-state index contributed by atoms with van der Waals surface area (Å²) in [7, 11) is 0. The van der Waals surface area contributed by atoms with Gasteiger partial charge in [0.1, 0.15) is 5.69 Å². The van der Waals surface area contributed by atoms with E-state index in [1.807, 2.05) is 6.07 Å². The second-order valence-electron chi connectivity index (χ2n) is 5.17. The molecule has 21 heavy (non-hydrogen) atoms. The Bertz CT molecular complexity index is 479. The molecule has 1 atom stereocenters. The number of aliphatic hydroxyl groups excluding tert-OH is 1. The zero-order valence-corrected chi connectivity index (χ0v) is 12.7. The second-order valence-corrected chi connectivity index (χ2v) is 5.17. The molecule has 1 heterocycles. The van der Waals surface area contributed by atoms with Gasteiger partial charge in [-0.05, 0) is 37.3 Å². The Balaban J connectivity index is 0.00000220. The molecule has 0 radical (unpaired) electrons. The number of piperidine rings is 1. The van der Waals surface area contributed by atoms with Gasteiger partial charge in [0.15, 0.2) is 0 Å². The van der Waals surface area contributed by atoms with Crippen LogP contribution in [0.2, 0.25) is 0 Å². The summed E-state index contributed by atoms with van der Waals surface area (Å²) in [6.45, 7) is 1.70. The SMILES string of the molecule is Cl.NC(CCO)c1ccc(N2CCCCC2)c([N+](=O)[O-])c1. The van der Waals surface area contributed by atoms with Crippen LogP contribution in [-0.2, 0) is 0 Å². The van der Waals surface area contributed by atoms with Gasteiger partial charge in [0.25, 0.3) is 5.69 Å². The lowest BCUT2D eigenvalue weighted by Gasteiger charge is -2.28. The lowest BCUT2D eigenvalue weighted by molar-refractivity contribution is -0.384. The van der Waals surface area contributed by atoms with E-state index in [4.69, 9.17) is 10.8 Å². The fraction of sp³-hybridized carbons (Fsp3) is 0.571. The fourth-order valence-electron chi connectivity index (χ4n) is 2.63. The average Bonchev–Trinajstić information content (AvgIpc) is 2.47. The highest BCUT2D eigenvalue weighted by atomic mass is 35.5. The monoisotopic (exact) mass is 315 g/mol. The molecule has 0 saturated carbocycles. The van der Waals surface area contributed by atoms with Gasteiger partial charge >= 0.3 is 0 Å². The number of hydrogen-bond acceptors (Lipinski definition) is 5. The van der Waals surface area contributed by atoms with Crippen LogP contribution in [0.4, 0.5) is 11.4 Å². The standard InChI is InChI=1S/C14H21N3O3.ClH/c15-12(6-9-18)11-4-5-13(14(10-11)17(19)20)16-7-2-1-3-8-16;/h4-5,10,12,18H,1-3,6-9,15H2;1H. The van der Waals surface area contributed by atoms with Crippen molar-refractivity contribution in [2.24, 2.45) is 5.73 Å². The summed E-state index contributed by atoms with van der Waals surface area (Å²) in [6.07, 6.45) is 3.73. The summed E-state index contributed by atoms with van der Waals surface area (Å²) in [4.78, 5) is 13.0. The Morgan fingerprint density at radius 3 is 2.57 bits per heavy atom. The molecule has 1 unspecified atom stereocenters. The Morgan fingerprint density at radius 2 is 2.00 bits per heavy atom. The minimum absolute atomic E-state index is 0. The van der Waals surface area contributed by atoms with Gasteiger partial charge < -0.3 is 15.7 Å². The lowest BCUT2D eigenvalue weighted by atomic mass is 10.0. The molecule has 2 rings (SSSR count). The van der Waals surface area contributed by atoms with E-state index in [-0.39, 0.29) is 35.7 Å². The molecule has 0 amide bonds. The summed E-state index contributed by atoms with van der Waals surface area (Å²) in [6, 6.07) is 4.80. The number of rotatable bonds is 5. The maximum absolute atomic E-state index is 11.3. The molecule has 1 aliphatic rings. The van der Waals surface area contributed by atoms with Gasteiger partial charge in [-0.3, -0.25) is 10.1 Å². The number of aliphatic hydroxyl groups is 1. The average molecular weight is 316 g/mol. The van der Waals surface area contributed by atoms with Crippen LogP contribution in [0.5, 0.6) is 0 Å². The molecule has 7 heteroatoms. The molecule has 1 fully saturated rings. The van der Waals surface area contributed by atoms with E-state index in [0.717, 1.165) is 25.9 Å². The van der Waals surface area contributed by atoms with Crippen molar-refractivity contribution in [1.82, 2.24) is 0 Å². The number of halogens is 1. The summed E-state index contributed by atoms with van der Waals surface area (Å²) in [5.74, 6) is 0. The van der Waals surface area contributed by atoms with Crippen LogP contribution in [-0.4, -0.2) is 29.7 Å². The first-order chi connectivity index (χ1) is 9.63. The van der Waals surface area contributed by atoms with Gasteiger partial charge in [-0.2, -0.15) is 0 Å². The molecule has 1 aromatic rings. The van der Waals surface area contributed by atoms with Crippen LogP contribution < -0.4 is 10.6 Å². The van der Waals surface area contributed by atoms with Crippen molar-refractivity contribution in [3.8, 4) is 0 Å². The van der Waals surface area contributed by atoms with Crippen LogP contribution >= 0.6 is 12.4 Å². The maximum Gasteiger partial charge on any atom is 0.292 e. The maximum atomic E-state index is 11.3. The van der Waals surface area contributed by atoms with E-state index in [0.29, 0.717) is 17.7 Å². The molecule has 0 aromatic heterocycles. The van der Waals surface area contributed by atoms with Gasteiger partial charge in [-0.15, -0.1) is 12.4 Å². The first kappa shape index (κ1) is 17.7. The van der Waals surface area contributed by atoms with Gasteiger partial charge in [-0.25, -0.2) is 0 Å². The van der Waals surface area contributed by atoms with Gasteiger partial charge in [0, 0.05) is 31.8 Å². The van der Waals surface area contributed by atoms with E-state index in [1.165, 1.54) is 6.42 Å². The van der Waals surface area contributed by atoms with Gasteiger partial charge in [0.05, 0.1) is 4.92 Å². The Labute approximate surface area is 130 Å². The largest absolute Gasteiger partial charge is 0.396 e. The quantitative estimate of drug-likeness (QED) is 0.643. The zero-order chi connectivity index (χ0) is 14.5. The van der Waals surface area contributed by atoms with E-state index < -0.39 is 0 Å². The van der Waals surface area contributed by atoms with Crippen molar-refractivity contribution in [1.29, 1.82) is 0 Å². The molecular weight excluding hydrogens is 294 g/mol. The number of hydrogen-bond donors (Lipinski definition) is 2. The zero-order valence-electron chi connectivity index (χ0n) is 11.9. The highest BCUT2D eigenvalue weighted by Crippen LogP contribution is 2.32. The topological polar surface area (TPSA) is 92.6 Å². The van der Waals surface area contributed by atoms with Gasteiger partial charge in [0.2, 0.25) is 0 Å². The number of nitro benzene ring substituents is 1. The smallest absolute Gasteiger partial charge is 0.292 e. The third-order valence-electron chi connectivity index (χ3n) is 3.76. The van der Waals surface area contributed by atoms with E-state index in [9.17, 15) is 10.1 Å². The molecule has 0 bridgehead atoms. The highest BCUT2D eigenvalue weighted by molar-refractivity contribution is 5.85. The number of nitrogens with zero attached hydrogens (tertiary/aromatic N) is 2. The Hall–Kier alpha value is -1.37. The Kier molecular flexibility index (Phi) is 6.87. The summed E-state index contributed by atoms with van der Waals surface area (Å²) in [5, 5.41) is 20.2. The number of benzene rings is 1.